The highest BCUT2D eigenvalue weighted by molar-refractivity contribution is 6.67. The van der Waals surface area contributed by atoms with Crippen LogP contribution in [0.4, 0.5) is 10.1 Å². The Balaban J connectivity index is 0.000000956. The lowest BCUT2D eigenvalue weighted by Gasteiger charge is -2.30. The Kier molecular flexibility index (Phi) is 6.04. The van der Waals surface area contributed by atoms with Gasteiger partial charge in [-0.05, 0) is 30.8 Å². The molecule has 0 amide bonds. The summed E-state index contributed by atoms with van der Waals surface area (Å²) in [4.78, 5) is 12.8. The minimum absolute atomic E-state index is 0.0487. The largest absolute Gasteiger partial charge is 0.478 e. The molecular weight excluding hydrogens is 258 g/mol. The standard InChI is InChI=1S/C12H12BFN2O2.C2H6/c14-10-5-9(12(17)18)6-11(7-10)16-3-1-13(8-15)2-4-16;1-2/h5-7H,1-4H2,(H,17,18);1-2H3. The number of hydrogen-bond acceptors (Lipinski definition) is 3. The molecule has 1 saturated heterocycles. The first-order valence-corrected chi connectivity index (χ1v) is 6.78. The molecule has 0 radical (unpaired) electrons. The van der Waals surface area contributed by atoms with E-state index in [1.807, 2.05) is 18.7 Å². The van der Waals surface area contributed by atoms with Crippen molar-refractivity contribution in [1.82, 2.24) is 0 Å². The number of nitriles is 1. The molecule has 1 fully saturated rings. The summed E-state index contributed by atoms with van der Waals surface area (Å²) in [6.45, 7) is 5.36. The quantitative estimate of drug-likeness (QED) is 0.843. The third-order valence-electron chi connectivity index (χ3n) is 3.17. The lowest BCUT2D eigenvalue weighted by Crippen LogP contribution is -2.36. The molecule has 2 rings (SSSR count). The molecule has 0 saturated carbocycles. The highest BCUT2D eigenvalue weighted by atomic mass is 19.1. The van der Waals surface area contributed by atoms with Crippen molar-refractivity contribution in [3.05, 3.63) is 29.6 Å². The molecule has 0 aromatic heterocycles. The zero-order valence-corrected chi connectivity index (χ0v) is 11.8. The number of carboxylic acids is 1. The van der Waals surface area contributed by atoms with Gasteiger partial charge in [0.2, 0.25) is 0 Å². The lowest BCUT2D eigenvalue weighted by molar-refractivity contribution is 0.0696. The van der Waals surface area contributed by atoms with E-state index in [-0.39, 0.29) is 12.3 Å². The summed E-state index contributed by atoms with van der Waals surface area (Å²) in [6.07, 6.45) is 1.46. The monoisotopic (exact) mass is 276 g/mol. The maximum Gasteiger partial charge on any atom is 0.335 e. The van der Waals surface area contributed by atoms with Gasteiger partial charge in [0.05, 0.1) is 5.56 Å². The van der Waals surface area contributed by atoms with Crippen molar-refractivity contribution in [3.63, 3.8) is 0 Å². The lowest BCUT2D eigenvalue weighted by atomic mass is 9.45. The second-order valence-corrected chi connectivity index (χ2v) is 4.39. The molecule has 20 heavy (non-hydrogen) atoms. The van der Waals surface area contributed by atoms with Crippen LogP contribution in [0.1, 0.15) is 24.2 Å². The van der Waals surface area contributed by atoms with E-state index in [0.29, 0.717) is 18.8 Å². The summed E-state index contributed by atoms with van der Waals surface area (Å²) >= 11 is 0. The Morgan fingerprint density at radius 2 is 1.95 bits per heavy atom. The zero-order valence-electron chi connectivity index (χ0n) is 11.8. The fourth-order valence-corrected chi connectivity index (χ4v) is 2.15. The summed E-state index contributed by atoms with van der Waals surface area (Å²) in [5.74, 6) is 0.537. The van der Waals surface area contributed by atoms with Crippen LogP contribution in [0.5, 0.6) is 0 Å². The molecule has 0 spiro atoms. The van der Waals surface area contributed by atoms with E-state index in [2.05, 4.69) is 5.97 Å². The smallest absolute Gasteiger partial charge is 0.335 e. The van der Waals surface area contributed by atoms with E-state index < -0.39 is 11.8 Å². The van der Waals surface area contributed by atoms with E-state index in [9.17, 15) is 9.18 Å². The Morgan fingerprint density at radius 3 is 2.45 bits per heavy atom. The average molecular weight is 276 g/mol. The Hall–Kier alpha value is -2.03. The summed E-state index contributed by atoms with van der Waals surface area (Å²) < 4.78 is 13.3. The number of hydrogen-bond donors (Lipinski definition) is 1. The van der Waals surface area contributed by atoms with Crippen molar-refractivity contribution >= 4 is 18.4 Å². The normalized spacial score (nSPS) is 14.1. The molecule has 1 N–H and O–H groups in total. The molecule has 0 aliphatic carbocycles. The highest BCUT2D eigenvalue weighted by Gasteiger charge is 2.23. The maximum absolute atomic E-state index is 13.3. The van der Waals surface area contributed by atoms with Gasteiger partial charge < -0.3 is 10.0 Å². The number of benzene rings is 1. The molecule has 1 aromatic carbocycles. The van der Waals surface area contributed by atoms with E-state index in [1.165, 1.54) is 12.1 Å². The van der Waals surface area contributed by atoms with Crippen molar-refractivity contribution in [2.24, 2.45) is 0 Å². The second-order valence-electron chi connectivity index (χ2n) is 4.39. The Morgan fingerprint density at radius 1 is 1.35 bits per heavy atom. The van der Waals surface area contributed by atoms with Crippen molar-refractivity contribution in [2.45, 2.75) is 26.5 Å². The predicted octanol–water partition coefficient (Wildman–Crippen LogP) is 2.93. The van der Waals surface area contributed by atoms with Crippen LogP contribution in [0.25, 0.3) is 0 Å². The first-order chi connectivity index (χ1) is 9.60. The van der Waals surface area contributed by atoms with Crippen LogP contribution in [0, 0.1) is 17.0 Å². The predicted molar refractivity (Wildman–Crippen MR) is 77.9 cm³/mol. The van der Waals surface area contributed by atoms with Gasteiger partial charge >= 0.3 is 5.97 Å². The van der Waals surface area contributed by atoms with E-state index in [4.69, 9.17) is 10.4 Å². The van der Waals surface area contributed by atoms with Gasteiger partial charge in [-0.2, -0.15) is 0 Å². The minimum atomic E-state index is -1.14. The van der Waals surface area contributed by atoms with Crippen molar-refractivity contribution < 1.29 is 14.3 Å². The summed E-state index contributed by atoms with van der Waals surface area (Å²) in [7, 11) is 0. The van der Waals surface area contributed by atoms with Gasteiger partial charge in [-0.3, -0.25) is 0 Å². The highest BCUT2D eigenvalue weighted by Crippen LogP contribution is 2.23. The van der Waals surface area contributed by atoms with Crippen molar-refractivity contribution in [1.29, 1.82) is 5.26 Å². The van der Waals surface area contributed by atoms with E-state index in [1.54, 1.807) is 0 Å². The molecule has 0 bridgehead atoms. The minimum Gasteiger partial charge on any atom is -0.478 e. The van der Waals surface area contributed by atoms with Crippen LogP contribution >= 0.6 is 0 Å². The summed E-state index contributed by atoms with van der Waals surface area (Å²) in [5.41, 5.74) is 0.524. The molecule has 106 valence electrons. The van der Waals surface area contributed by atoms with Crippen LogP contribution in [-0.2, 0) is 0 Å². The van der Waals surface area contributed by atoms with Gasteiger partial charge in [-0.1, -0.05) is 13.8 Å². The van der Waals surface area contributed by atoms with Crippen LogP contribution in [-0.4, -0.2) is 30.9 Å². The van der Waals surface area contributed by atoms with Gasteiger partial charge in [0.25, 0.3) is 6.71 Å². The topological polar surface area (TPSA) is 64.3 Å². The number of carbonyl (C=O) groups is 1. The van der Waals surface area contributed by atoms with Gasteiger partial charge in [0.15, 0.2) is 0 Å². The number of anilines is 1. The molecule has 1 aliphatic rings. The maximum atomic E-state index is 13.3. The Labute approximate surface area is 118 Å². The first kappa shape index (κ1) is 16.0. The molecule has 1 aliphatic heterocycles. The Bertz CT molecular complexity index is 508. The van der Waals surface area contributed by atoms with Crippen molar-refractivity contribution in [3.8, 4) is 5.97 Å². The van der Waals surface area contributed by atoms with E-state index in [0.717, 1.165) is 18.7 Å². The van der Waals surface area contributed by atoms with Crippen LogP contribution in [0.2, 0.25) is 12.6 Å². The summed E-state index contributed by atoms with van der Waals surface area (Å²) in [6, 6.07) is 3.81. The van der Waals surface area contributed by atoms with Gasteiger partial charge in [-0.25, -0.2) is 14.4 Å². The van der Waals surface area contributed by atoms with Gasteiger partial charge in [-0.15, -0.1) is 0 Å². The third-order valence-corrected chi connectivity index (χ3v) is 3.17. The number of nitrogens with zero attached hydrogens (tertiary/aromatic N) is 2. The number of rotatable bonds is 2. The van der Waals surface area contributed by atoms with Gasteiger partial charge in [0, 0.05) is 24.7 Å². The molecule has 0 unspecified atom stereocenters. The first-order valence-electron chi connectivity index (χ1n) is 6.78. The third kappa shape index (κ3) is 3.99. The molecule has 1 aromatic rings. The SMILES string of the molecule is CC.N#CB1CCN(c2cc(F)cc(C(=O)O)c2)CC1. The molecular formula is C14H18BFN2O2. The van der Waals surface area contributed by atoms with Crippen LogP contribution in [0.3, 0.4) is 0 Å². The van der Waals surface area contributed by atoms with Crippen LogP contribution < -0.4 is 4.90 Å². The zero-order chi connectivity index (χ0) is 15.1. The van der Waals surface area contributed by atoms with E-state index >= 15 is 0 Å². The fraction of sp³-hybridized carbons (Fsp3) is 0.429. The number of carboxylic acid groups (broad SMARTS) is 1. The number of aromatic carboxylic acids is 1. The fourth-order valence-electron chi connectivity index (χ4n) is 2.15. The molecule has 1 heterocycles. The molecule has 6 heteroatoms. The van der Waals surface area contributed by atoms with Gasteiger partial charge in [0.1, 0.15) is 5.82 Å². The van der Waals surface area contributed by atoms with Crippen LogP contribution in [0.15, 0.2) is 18.2 Å². The molecule has 0 atom stereocenters. The van der Waals surface area contributed by atoms with Crippen molar-refractivity contribution in [2.75, 3.05) is 18.0 Å². The second kappa shape index (κ2) is 7.54. The summed E-state index contributed by atoms with van der Waals surface area (Å²) in [5, 5.41) is 17.7. The average Bonchev–Trinajstić information content (AvgIpc) is 2.48. The number of halogens is 1. The molecule has 4 nitrogen and oxygen atoms in total.